The lowest BCUT2D eigenvalue weighted by molar-refractivity contribution is -0.127. The minimum absolute atomic E-state index is 0.0254. The van der Waals surface area contributed by atoms with Crippen molar-refractivity contribution in [3.8, 4) is 0 Å². The van der Waals surface area contributed by atoms with Crippen LogP contribution < -0.4 is 10.6 Å². The molecule has 0 aliphatic carbocycles. The molecule has 6 heteroatoms. The molecular formula is C12H17N5O. The van der Waals surface area contributed by atoms with Crippen LogP contribution in [0.1, 0.15) is 0 Å². The first kappa shape index (κ1) is 12.2. The van der Waals surface area contributed by atoms with Crippen molar-refractivity contribution in [2.75, 3.05) is 38.3 Å². The number of fused-ring (bicyclic) bond motifs is 1. The van der Waals surface area contributed by atoms with E-state index in [0.717, 1.165) is 11.0 Å². The van der Waals surface area contributed by atoms with Gasteiger partial charge in [0.05, 0.1) is 17.6 Å². The van der Waals surface area contributed by atoms with Crippen molar-refractivity contribution >= 4 is 28.6 Å². The van der Waals surface area contributed by atoms with Crippen LogP contribution >= 0.6 is 0 Å². The highest BCUT2D eigenvalue weighted by atomic mass is 16.2. The molecule has 0 aliphatic heterocycles. The van der Waals surface area contributed by atoms with Crippen molar-refractivity contribution in [1.82, 2.24) is 14.9 Å². The monoisotopic (exact) mass is 247 g/mol. The van der Waals surface area contributed by atoms with Gasteiger partial charge in [-0.3, -0.25) is 4.79 Å². The van der Waals surface area contributed by atoms with E-state index in [-0.39, 0.29) is 12.5 Å². The van der Waals surface area contributed by atoms with Gasteiger partial charge in [0, 0.05) is 26.8 Å². The number of hydrogen-bond acceptors (Lipinski definition) is 4. The van der Waals surface area contributed by atoms with E-state index in [1.54, 1.807) is 30.0 Å². The first-order chi connectivity index (χ1) is 8.47. The summed E-state index contributed by atoms with van der Waals surface area (Å²) in [4.78, 5) is 22.5. The van der Waals surface area contributed by atoms with Crippen molar-refractivity contribution < 1.29 is 4.79 Å². The number of carbonyl (C=O) groups is 1. The molecule has 2 rings (SSSR count). The molecule has 6 nitrogen and oxygen atoms in total. The van der Waals surface area contributed by atoms with E-state index in [9.17, 15) is 4.79 Å². The Hall–Kier alpha value is -2.24. The van der Waals surface area contributed by atoms with E-state index < -0.39 is 0 Å². The minimum atomic E-state index is 0.0254. The Morgan fingerprint density at radius 3 is 2.78 bits per heavy atom. The zero-order valence-electron chi connectivity index (χ0n) is 10.8. The smallest absolute Gasteiger partial charge is 0.241 e. The molecule has 0 saturated carbocycles. The molecule has 1 aromatic carbocycles. The predicted octanol–water partition coefficient (Wildman–Crippen LogP) is 0.669. The number of hydrogen-bond donors (Lipinski definition) is 2. The third-order valence-electron chi connectivity index (χ3n) is 2.73. The minimum Gasteiger partial charge on any atom is -0.399 e. The molecular weight excluding hydrogens is 230 g/mol. The van der Waals surface area contributed by atoms with Gasteiger partial charge in [0.25, 0.3) is 0 Å². The Labute approximate surface area is 105 Å². The van der Waals surface area contributed by atoms with Gasteiger partial charge in [0.15, 0.2) is 0 Å². The van der Waals surface area contributed by atoms with Gasteiger partial charge >= 0.3 is 0 Å². The molecule has 3 N–H and O–H groups in total. The number of nitrogen functional groups attached to an aromatic ring is 1. The van der Waals surface area contributed by atoms with Gasteiger partial charge in [-0.15, -0.1) is 0 Å². The third kappa shape index (κ3) is 2.37. The van der Waals surface area contributed by atoms with Crippen molar-refractivity contribution in [3.05, 3.63) is 18.2 Å². The highest BCUT2D eigenvalue weighted by Crippen LogP contribution is 2.18. The van der Waals surface area contributed by atoms with Gasteiger partial charge in [-0.05, 0) is 18.2 Å². The second-order valence-electron chi connectivity index (χ2n) is 4.48. The number of aromatic nitrogens is 2. The molecule has 0 fully saturated rings. The Balaban J connectivity index is 2.23. The summed E-state index contributed by atoms with van der Waals surface area (Å²) in [6.07, 6.45) is 0. The fourth-order valence-corrected chi connectivity index (χ4v) is 1.61. The quantitative estimate of drug-likeness (QED) is 0.781. The van der Waals surface area contributed by atoms with E-state index in [1.165, 1.54) is 0 Å². The lowest BCUT2D eigenvalue weighted by Crippen LogP contribution is -2.34. The number of H-pyrrole nitrogens is 1. The lowest BCUT2D eigenvalue weighted by Gasteiger charge is -2.18. The normalized spacial score (nSPS) is 10.6. The summed E-state index contributed by atoms with van der Waals surface area (Å²) in [5.74, 6) is 0.684. The molecule has 0 aliphatic rings. The highest BCUT2D eigenvalue weighted by Gasteiger charge is 2.12. The fourth-order valence-electron chi connectivity index (χ4n) is 1.61. The van der Waals surface area contributed by atoms with Gasteiger partial charge in [0.1, 0.15) is 0 Å². The Morgan fingerprint density at radius 2 is 2.11 bits per heavy atom. The average Bonchev–Trinajstić information content (AvgIpc) is 2.71. The van der Waals surface area contributed by atoms with Crippen LogP contribution in [-0.4, -0.2) is 48.5 Å². The number of aromatic amines is 1. The maximum Gasteiger partial charge on any atom is 0.241 e. The molecule has 1 heterocycles. The molecule has 0 saturated heterocycles. The van der Waals surface area contributed by atoms with Crippen LogP contribution in [0.25, 0.3) is 11.0 Å². The summed E-state index contributed by atoms with van der Waals surface area (Å²) in [5.41, 5.74) is 8.10. The van der Waals surface area contributed by atoms with E-state index >= 15 is 0 Å². The predicted molar refractivity (Wildman–Crippen MR) is 72.5 cm³/mol. The zero-order valence-corrected chi connectivity index (χ0v) is 10.8. The van der Waals surface area contributed by atoms with Crippen molar-refractivity contribution in [2.45, 2.75) is 0 Å². The van der Waals surface area contributed by atoms with Crippen LogP contribution in [0.15, 0.2) is 18.2 Å². The highest BCUT2D eigenvalue weighted by molar-refractivity contribution is 5.83. The standard InChI is InChI=1S/C12H17N5O/c1-16(2)11(18)7-17(3)12-14-9-5-4-8(13)6-10(9)15-12/h4-6H,7,13H2,1-3H3,(H,14,15). The summed E-state index contributed by atoms with van der Waals surface area (Å²) >= 11 is 0. The maximum atomic E-state index is 11.6. The Morgan fingerprint density at radius 1 is 1.39 bits per heavy atom. The van der Waals surface area contributed by atoms with Gasteiger partial charge in [-0.25, -0.2) is 4.98 Å². The Kier molecular flexibility index (Phi) is 3.10. The van der Waals surface area contributed by atoms with Crippen LogP contribution in [0.5, 0.6) is 0 Å². The number of amides is 1. The summed E-state index contributed by atoms with van der Waals surface area (Å²) in [6, 6.07) is 5.48. The number of likely N-dealkylation sites (N-methyl/N-ethyl adjacent to an activating group) is 2. The molecule has 0 radical (unpaired) electrons. The van der Waals surface area contributed by atoms with Crippen LogP contribution in [0.3, 0.4) is 0 Å². The molecule has 0 atom stereocenters. The van der Waals surface area contributed by atoms with Gasteiger partial charge in [0.2, 0.25) is 11.9 Å². The third-order valence-corrected chi connectivity index (χ3v) is 2.73. The molecule has 96 valence electrons. The number of benzene rings is 1. The number of nitrogens with two attached hydrogens (primary N) is 1. The molecule has 1 amide bonds. The molecule has 0 unspecified atom stereocenters. The zero-order chi connectivity index (χ0) is 13.3. The topological polar surface area (TPSA) is 78.2 Å². The van der Waals surface area contributed by atoms with Crippen molar-refractivity contribution in [3.63, 3.8) is 0 Å². The van der Waals surface area contributed by atoms with Crippen LogP contribution in [0, 0.1) is 0 Å². The fraction of sp³-hybridized carbons (Fsp3) is 0.333. The maximum absolute atomic E-state index is 11.6. The number of rotatable bonds is 3. The number of nitrogens with zero attached hydrogens (tertiary/aromatic N) is 3. The van der Waals surface area contributed by atoms with Crippen LogP contribution in [0.4, 0.5) is 11.6 Å². The second kappa shape index (κ2) is 4.56. The molecule has 18 heavy (non-hydrogen) atoms. The van der Waals surface area contributed by atoms with Crippen molar-refractivity contribution in [1.29, 1.82) is 0 Å². The average molecular weight is 247 g/mol. The van der Waals surface area contributed by atoms with Gasteiger partial charge in [-0.2, -0.15) is 0 Å². The molecule has 1 aromatic heterocycles. The summed E-state index contributed by atoms with van der Waals surface area (Å²) in [5, 5.41) is 0. The number of imidazole rings is 1. The Bertz CT molecular complexity index is 575. The number of carbonyl (C=O) groups excluding carboxylic acids is 1. The first-order valence-electron chi connectivity index (χ1n) is 5.64. The van der Waals surface area contributed by atoms with Crippen molar-refractivity contribution in [2.24, 2.45) is 0 Å². The van der Waals surface area contributed by atoms with E-state index in [4.69, 9.17) is 5.73 Å². The largest absolute Gasteiger partial charge is 0.399 e. The van der Waals surface area contributed by atoms with E-state index in [2.05, 4.69) is 9.97 Å². The summed E-state index contributed by atoms with van der Waals surface area (Å²) in [7, 11) is 5.29. The van der Waals surface area contributed by atoms with E-state index in [1.807, 2.05) is 19.2 Å². The molecule has 0 bridgehead atoms. The summed E-state index contributed by atoms with van der Waals surface area (Å²) in [6.45, 7) is 0.280. The van der Waals surface area contributed by atoms with Crippen LogP contribution in [-0.2, 0) is 4.79 Å². The first-order valence-corrected chi connectivity index (χ1v) is 5.64. The number of nitrogens with one attached hydrogen (secondary N) is 1. The van der Waals surface area contributed by atoms with Crippen LogP contribution in [0.2, 0.25) is 0 Å². The second-order valence-corrected chi connectivity index (χ2v) is 4.48. The molecule has 2 aromatic rings. The SMILES string of the molecule is CN(C)C(=O)CN(C)c1nc2ccc(N)cc2[nH]1. The lowest BCUT2D eigenvalue weighted by atomic mass is 10.3. The number of anilines is 2. The summed E-state index contributed by atoms with van der Waals surface area (Å²) < 4.78 is 0. The molecule has 0 spiro atoms. The van der Waals surface area contributed by atoms with Gasteiger partial charge in [-0.1, -0.05) is 0 Å². The van der Waals surface area contributed by atoms with Gasteiger partial charge < -0.3 is 20.5 Å². The van der Waals surface area contributed by atoms with E-state index in [0.29, 0.717) is 11.6 Å².